The molecule has 2 rings (SSSR count). The molecule has 0 aromatic carbocycles. The predicted octanol–water partition coefficient (Wildman–Crippen LogP) is 2.57. The molecule has 5 heteroatoms. The molecule has 0 atom stereocenters. The van der Waals surface area contributed by atoms with Crippen LogP contribution in [0.1, 0.15) is 28.1 Å². The number of nitrogens with one attached hydrogen (secondary N) is 1. The SMILES string of the molecule is Cc1ccsc1C(=O)NC1(CCl)CCOCC1. The highest BCUT2D eigenvalue weighted by Gasteiger charge is 2.34. The first-order chi connectivity index (χ1) is 8.17. The number of carbonyl (C=O) groups is 1. The maximum absolute atomic E-state index is 12.2. The fraction of sp³-hybridized carbons (Fsp3) is 0.583. The van der Waals surface area contributed by atoms with Gasteiger partial charge in [-0.3, -0.25) is 4.79 Å². The second kappa shape index (κ2) is 5.38. The standard InChI is InChI=1S/C12H16ClNO2S/c1-9-2-7-17-10(9)11(15)14-12(8-13)3-5-16-6-4-12/h2,7H,3-6,8H2,1H3,(H,14,15). The van der Waals surface area contributed by atoms with Crippen LogP contribution < -0.4 is 5.32 Å². The number of alkyl halides is 1. The maximum Gasteiger partial charge on any atom is 0.262 e. The number of hydrogen-bond acceptors (Lipinski definition) is 3. The van der Waals surface area contributed by atoms with Gasteiger partial charge in [-0.25, -0.2) is 0 Å². The minimum atomic E-state index is -0.298. The molecule has 1 aliphatic rings. The van der Waals surface area contributed by atoms with Crippen molar-refractivity contribution >= 4 is 28.8 Å². The zero-order valence-corrected chi connectivity index (χ0v) is 11.4. The number of ether oxygens (including phenoxy) is 1. The minimum Gasteiger partial charge on any atom is -0.381 e. The van der Waals surface area contributed by atoms with Gasteiger partial charge in [-0.05, 0) is 36.8 Å². The van der Waals surface area contributed by atoms with E-state index in [4.69, 9.17) is 16.3 Å². The topological polar surface area (TPSA) is 38.3 Å². The molecule has 1 N–H and O–H groups in total. The second-order valence-electron chi connectivity index (χ2n) is 4.41. The van der Waals surface area contributed by atoms with E-state index in [1.165, 1.54) is 11.3 Å². The fourth-order valence-electron chi connectivity index (χ4n) is 1.96. The van der Waals surface area contributed by atoms with Gasteiger partial charge in [-0.15, -0.1) is 22.9 Å². The van der Waals surface area contributed by atoms with Gasteiger partial charge in [0.05, 0.1) is 10.4 Å². The predicted molar refractivity (Wildman–Crippen MR) is 70.0 cm³/mol. The van der Waals surface area contributed by atoms with Crippen molar-refractivity contribution in [2.45, 2.75) is 25.3 Å². The quantitative estimate of drug-likeness (QED) is 0.860. The highest BCUT2D eigenvalue weighted by Crippen LogP contribution is 2.24. The summed E-state index contributed by atoms with van der Waals surface area (Å²) in [6.07, 6.45) is 1.57. The Morgan fingerprint density at radius 1 is 1.59 bits per heavy atom. The van der Waals surface area contributed by atoms with Crippen LogP contribution in [-0.4, -0.2) is 30.5 Å². The highest BCUT2D eigenvalue weighted by atomic mass is 35.5. The zero-order valence-electron chi connectivity index (χ0n) is 9.79. The third kappa shape index (κ3) is 2.81. The third-order valence-corrected chi connectivity index (χ3v) is 4.68. The van der Waals surface area contributed by atoms with Gasteiger partial charge in [0.1, 0.15) is 0 Å². The van der Waals surface area contributed by atoms with Crippen LogP contribution in [-0.2, 0) is 4.74 Å². The van der Waals surface area contributed by atoms with E-state index in [-0.39, 0.29) is 11.4 Å². The van der Waals surface area contributed by atoms with Crippen LogP contribution in [0.3, 0.4) is 0 Å². The van der Waals surface area contributed by atoms with Gasteiger partial charge in [-0.2, -0.15) is 0 Å². The Labute approximate surface area is 110 Å². The normalized spacial score (nSPS) is 18.9. The number of thiophene rings is 1. The lowest BCUT2D eigenvalue weighted by Gasteiger charge is -2.36. The molecule has 0 spiro atoms. The van der Waals surface area contributed by atoms with Gasteiger partial charge < -0.3 is 10.1 Å². The molecule has 0 saturated carbocycles. The zero-order chi connectivity index (χ0) is 12.3. The van der Waals surface area contributed by atoms with Crippen molar-refractivity contribution in [3.63, 3.8) is 0 Å². The van der Waals surface area contributed by atoms with Crippen molar-refractivity contribution in [1.29, 1.82) is 0 Å². The molecule has 1 aliphatic heterocycles. The number of halogens is 1. The average molecular weight is 274 g/mol. The van der Waals surface area contributed by atoms with Crippen LogP contribution in [0.4, 0.5) is 0 Å². The Balaban J connectivity index is 2.08. The minimum absolute atomic E-state index is 0.0138. The number of aryl methyl sites for hydroxylation is 1. The summed E-state index contributed by atoms with van der Waals surface area (Å²) in [5.74, 6) is 0.423. The highest BCUT2D eigenvalue weighted by molar-refractivity contribution is 7.12. The van der Waals surface area contributed by atoms with Gasteiger partial charge in [0.25, 0.3) is 5.91 Å². The molecule has 94 valence electrons. The molecule has 1 aromatic heterocycles. The second-order valence-corrected chi connectivity index (χ2v) is 5.60. The van der Waals surface area contributed by atoms with Gasteiger partial charge in [0.15, 0.2) is 0 Å². The molecule has 1 amide bonds. The summed E-state index contributed by atoms with van der Waals surface area (Å²) < 4.78 is 5.32. The van der Waals surface area contributed by atoms with Gasteiger partial charge in [0.2, 0.25) is 0 Å². The smallest absolute Gasteiger partial charge is 0.262 e. The van der Waals surface area contributed by atoms with Crippen LogP contribution in [0.15, 0.2) is 11.4 Å². The first kappa shape index (κ1) is 12.9. The lowest BCUT2D eigenvalue weighted by Crippen LogP contribution is -2.53. The molecule has 0 radical (unpaired) electrons. The molecule has 3 nitrogen and oxygen atoms in total. The van der Waals surface area contributed by atoms with Crippen LogP contribution in [0.2, 0.25) is 0 Å². The molecule has 2 heterocycles. The summed E-state index contributed by atoms with van der Waals surface area (Å²) >= 11 is 7.48. The van der Waals surface area contributed by atoms with Crippen molar-refractivity contribution in [2.24, 2.45) is 0 Å². The Morgan fingerprint density at radius 3 is 2.82 bits per heavy atom. The summed E-state index contributed by atoms with van der Waals surface area (Å²) in [6.45, 7) is 3.27. The number of hydrogen-bond donors (Lipinski definition) is 1. The summed E-state index contributed by atoms with van der Waals surface area (Å²) in [5.41, 5.74) is 0.720. The number of carbonyl (C=O) groups excluding carboxylic acids is 1. The van der Waals surface area contributed by atoms with Crippen LogP contribution in [0.5, 0.6) is 0 Å². The van der Waals surface area contributed by atoms with E-state index in [0.717, 1.165) is 23.3 Å². The van der Waals surface area contributed by atoms with Crippen LogP contribution >= 0.6 is 22.9 Å². The fourth-order valence-corrected chi connectivity index (χ4v) is 3.11. The van der Waals surface area contributed by atoms with E-state index in [2.05, 4.69) is 5.32 Å². The van der Waals surface area contributed by atoms with Crippen molar-refractivity contribution in [3.05, 3.63) is 21.9 Å². The largest absolute Gasteiger partial charge is 0.381 e. The Kier molecular flexibility index (Phi) is 4.07. The van der Waals surface area contributed by atoms with E-state index in [1.807, 2.05) is 18.4 Å². The summed E-state index contributed by atoms with van der Waals surface area (Å²) in [6, 6.07) is 1.96. The average Bonchev–Trinajstić information content (AvgIpc) is 2.77. The van der Waals surface area contributed by atoms with Gasteiger partial charge >= 0.3 is 0 Å². The first-order valence-corrected chi connectivity index (χ1v) is 7.09. The van der Waals surface area contributed by atoms with Gasteiger partial charge in [-0.1, -0.05) is 0 Å². The summed E-state index contributed by atoms with van der Waals surface area (Å²) in [5, 5.41) is 5.02. The van der Waals surface area contributed by atoms with E-state index in [1.54, 1.807) is 0 Å². The van der Waals surface area contributed by atoms with Crippen molar-refractivity contribution in [2.75, 3.05) is 19.1 Å². The Morgan fingerprint density at radius 2 is 2.29 bits per heavy atom. The van der Waals surface area contributed by atoms with Gasteiger partial charge in [0, 0.05) is 19.1 Å². The molecule has 0 bridgehead atoms. The molecule has 0 unspecified atom stereocenters. The number of amides is 1. The van der Waals surface area contributed by atoms with Crippen molar-refractivity contribution in [3.8, 4) is 0 Å². The van der Waals surface area contributed by atoms with Crippen molar-refractivity contribution in [1.82, 2.24) is 5.32 Å². The van der Waals surface area contributed by atoms with Crippen LogP contribution in [0, 0.1) is 6.92 Å². The Hall–Kier alpha value is -0.580. The third-order valence-electron chi connectivity index (χ3n) is 3.15. The molecule has 1 fully saturated rings. The molecule has 1 saturated heterocycles. The molecule has 1 aromatic rings. The summed E-state index contributed by atoms with van der Waals surface area (Å²) in [4.78, 5) is 12.9. The molecular weight excluding hydrogens is 258 g/mol. The molecule has 17 heavy (non-hydrogen) atoms. The maximum atomic E-state index is 12.2. The van der Waals surface area contributed by atoms with E-state index in [0.29, 0.717) is 19.1 Å². The first-order valence-electron chi connectivity index (χ1n) is 5.67. The van der Waals surface area contributed by atoms with E-state index < -0.39 is 0 Å². The van der Waals surface area contributed by atoms with Crippen molar-refractivity contribution < 1.29 is 9.53 Å². The lowest BCUT2D eigenvalue weighted by atomic mass is 9.92. The monoisotopic (exact) mass is 273 g/mol. The van der Waals surface area contributed by atoms with E-state index in [9.17, 15) is 4.79 Å². The summed E-state index contributed by atoms with van der Waals surface area (Å²) in [7, 11) is 0. The van der Waals surface area contributed by atoms with E-state index >= 15 is 0 Å². The number of rotatable bonds is 3. The molecule has 0 aliphatic carbocycles. The van der Waals surface area contributed by atoms with Crippen LogP contribution in [0.25, 0.3) is 0 Å². The Bertz CT molecular complexity index is 399. The molecular formula is C12H16ClNO2S. The lowest BCUT2D eigenvalue weighted by molar-refractivity contribution is 0.0435.